The highest BCUT2D eigenvalue weighted by Crippen LogP contribution is 2.45. The maximum Gasteiger partial charge on any atom is 0.573 e. The molecule has 2 bridgehead atoms. The molecule has 206 valence electrons. The Kier molecular flexibility index (Phi) is 6.41. The molecule has 3 aliphatic heterocycles. The number of nitrogens with zero attached hydrogens (tertiary/aromatic N) is 4. The van der Waals surface area contributed by atoms with Crippen LogP contribution in [0.4, 0.5) is 32.8 Å². The first kappa shape index (κ1) is 26.4. The summed E-state index contributed by atoms with van der Waals surface area (Å²) in [5, 5.41) is 11.6. The second-order valence-corrected chi connectivity index (χ2v) is 10.8. The Morgan fingerprint density at radius 3 is 2.47 bits per heavy atom. The highest BCUT2D eigenvalue weighted by atomic mass is 32.1. The number of benzene rings is 1. The number of aliphatic hydroxyl groups excluding tert-OH is 1. The fourth-order valence-electron chi connectivity index (χ4n) is 4.70. The van der Waals surface area contributed by atoms with Crippen LogP contribution in [0.1, 0.15) is 38.9 Å². The third-order valence-corrected chi connectivity index (χ3v) is 6.78. The maximum absolute atomic E-state index is 13.5. The van der Waals surface area contributed by atoms with E-state index in [0.29, 0.717) is 6.42 Å². The Labute approximate surface area is 216 Å². The monoisotopic (exact) mass is 562 g/mol. The van der Waals surface area contributed by atoms with Crippen LogP contribution in [0.2, 0.25) is 0 Å². The molecule has 3 unspecified atom stereocenters. The van der Waals surface area contributed by atoms with Crippen molar-refractivity contribution < 1.29 is 45.7 Å². The Morgan fingerprint density at radius 2 is 1.92 bits per heavy atom. The van der Waals surface area contributed by atoms with Crippen LogP contribution in [0, 0.1) is 0 Å². The second-order valence-electron chi connectivity index (χ2n) is 10.1. The summed E-state index contributed by atoms with van der Waals surface area (Å²) in [6, 6.07) is 0.394. The number of rotatable bonds is 5. The second kappa shape index (κ2) is 9.22. The molecule has 38 heavy (non-hydrogen) atoms. The number of alkyl halides is 5. The highest BCUT2D eigenvalue weighted by molar-refractivity contribution is 7.07. The van der Waals surface area contributed by atoms with Crippen molar-refractivity contribution in [2.75, 3.05) is 18.0 Å². The number of carbonyl (C=O) groups excluding carboxylic acids is 1. The van der Waals surface area contributed by atoms with Gasteiger partial charge in [0.05, 0.1) is 23.3 Å². The minimum atomic E-state index is -5.26. The SMILES string of the molecule is CC(C)(C)OC(=O)N1C2CC1CN(c1nc3c(OC(F)(F)F)c(C(O)C(F)F)cc(-c4cscn4)c3o1)C2. The summed E-state index contributed by atoms with van der Waals surface area (Å²) in [6.07, 6.45) is -11.0. The number of piperidine rings is 1. The first-order valence-corrected chi connectivity index (χ1v) is 12.5. The molecular formula is C23H23F5N4O5S. The average Bonchev–Trinajstić information content (AvgIpc) is 3.47. The van der Waals surface area contributed by atoms with E-state index >= 15 is 0 Å². The zero-order chi connectivity index (χ0) is 27.6. The fourth-order valence-corrected chi connectivity index (χ4v) is 5.25. The van der Waals surface area contributed by atoms with Gasteiger partial charge in [-0.15, -0.1) is 24.5 Å². The van der Waals surface area contributed by atoms with Gasteiger partial charge in [0, 0.05) is 29.6 Å². The number of carbonyl (C=O) groups is 1. The van der Waals surface area contributed by atoms with Crippen LogP contribution in [0.5, 0.6) is 5.75 Å². The molecule has 6 rings (SSSR count). The average molecular weight is 563 g/mol. The summed E-state index contributed by atoms with van der Waals surface area (Å²) in [5.74, 6) is -1.08. The van der Waals surface area contributed by atoms with Gasteiger partial charge in [0.15, 0.2) is 16.8 Å². The number of hydrogen-bond donors (Lipinski definition) is 1. The smallest absolute Gasteiger partial charge is 0.444 e. The number of piperazine rings is 1. The molecular weight excluding hydrogens is 539 g/mol. The van der Waals surface area contributed by atoms with E-state index < -0.39 is 47.4 Å². The molecule has 3 fully saturated rings. The van der Waals surface area contributed by atoms with Gasteiger partial charge < -0.3 is 23.9 Å². The molecule has 1 amide bonds. The molecule has 2 aromatic heterocycles. The van der Waals surface area contributed by atoms with Crippen LogP contribution in [-0.2, 0) is 4.74 Å². The van der Waals surface area contributed by atoms with Gasteiger partial charge in [-0.3, -0.25) is 4.90 Å². The third-order valence-electron chi connectivity index (χ3n) is 6.19. The molecule has 5 heterocycles. The van der Waals surface area contributed by atoms with E-state index in [1.54, 1.807) is 36.0 Å². The summed E-state index contributed by atoms with van der Waals surface area (Å²) < 4.78 is 82.3. The standard InChI is InChI=1S/C23H23F5N4O5S/c1-22(2,3)37-21(34)32-10-4-11(32)7-31(6-10)20-30-15-17(35-20)12(14-8-38-9-29-14)5-13(16(33)19(24)25)18(15)36-23(26,27)28/h5,8-11,16,19,33H,4,6-7H2,1-3H3. The fraction of sp³-hybridized carbons (Fsp3) is 0.522. The van der Waals surface area contributed by atoms with Gasteiger partial charge in [0.1, 0.15) is 11.7 Å². The number of fused-ring (bicyclic) bond motifs is 3. The zero-order valence-electron chi connectivity index (χ0n) is 20.3. The van der Waals surface area contributed by atoms with Crippen LogP contribution >= 0.6 is 11.3 Å². The molecule has 0 saturated carbocycles. The lowest BCUT2D eigenvalue weighted by Crippen LogP contribution is -2.70. The maximum atomic E-state index is 13.5. The number of aliphatic hydroxyl groups is 1. The molecule has 1 aromatic carbocycles. The van der Waals surface area contributed by atoms with Crippen LogP contribution in [-0.4, -0.2) is 69.6 Å². The van der Waals surface area contributed by atoms with Crippen LogP contribution in [0.25, 0.3) is 22.4 Å². The summed E-state index contributed by atoms with van der Waals surface area (Å²) in [6.45, 7) is 5.79. The van der Waals surface area contributed by atoms with Crippen LogP contribution in [0.15, 0.2) is 21.4 Å². The summed E-state index contributed by atoms with van der Waals surface area (Å²) in [5.41, 5.74) is -0.374. The Hall–Kier alpha value is -3.20. The quantitative estimate of drug-likeness (QED) is 0.416. The molecule has 3 atom stereocenters. The largest absolute Gasteiger partial charge is 0.573 e. The number of anilines is 1. The molecule has 9 nitrogen and oxygen atoms in total. The number of halogens is 5. The van der Waals surface area contributed by atoms with Crippen molar-refractivity contribution in [3.05, 3.63) is 22.5 Å². The lowest BCUT2D eigenvalue weighted by molar-refractivity contribution is -0.274. The number of thiazole rings is 1. The zero-order valence-corrected chi connectivity index (χ0v) is 21.1. The van der Waals surface area contributed by atoms with E-state index in [-0.39, 0.29) is 48.0 Å². The van der Waals surface area contributed by atoms with E-state index in [2.05, 4.69) is 14.7 Å². The van der Waals surface area contributed by atoms with E-state index in [9.17, 15) is 31.9 Å². The van der Waals surface area contributed by atoms with E-state index in [4.69, 9.17) is 9.15 Å². The number of oxazole rings is 1. The predicted octanol–water partition coefficient (Wildman–Crippen LogP) is 5.35. The minimum absolute atomic E-state index is 0.0711. The lowest BCUT2D eigenvalue weighted by Gasteiger charge is -2.55. The number of hydrogen-bond acceptors (Lipinski definition) is 9. The predicted molar refractivity (Wildman–Crippen MR) is 125 cm³/mol. The van der Waals surface area contributed by atoms with Crippen molar-refractivity contribution in [2.45, 2.75) is 63.8 Å². The Bertz CT molecular complexity index is 1330. The number of aromatic nitrogens is 2. The van der Waals surface area contributed by atoms with Crippen molar-refractivity contribution in [3.8, 4) is 17.0 Å². The van der Waals surface area contributed by atoms with Gasteiger partial charge in [-0.05, 0) is 33.3 Å². The molecule has 3 saturated heterocycles. The topological polar surface area (TPSA) is 101 Å². The van der Waals surface area contributed by atoms with Crippen molar-refractivity contribution in [1.82, 2.24) is 14.9 Å². The van der Waals surface area contributed by atoms with Crippen molar-refractivity contribution >= 4 is 34.5 Å². The van der Waals surface area contributed by atoms with Gasteiger partial charge >= 0.3 is 12.5 Å². The first-order chi connectivity index (χ1) is 17.7. The molecule has 0 spiro atoms. The molecule has 1 N–H and O–H groups in total. The first-order valence-electron chi connectivity index (χ1n) is 11.6. The summed E-state index contributed by atoms with van der Waals surface area (Å²) in [4.78, 5) is 24.2. The van der Waals surface area contributed by atoms with Gasteiger partial charge in [-0.25, -0.2) is 18.6 Å². The van der Waals surface area contributed by atoms with Gasteiger partial charge in [0.25, 0.3) is 12.4 Å². The molecule has 15 heteroatoms. The molecule has 3 aromatic rings. The molecule has 3 aliphatic rings. The van der Waals surface area contributed by atoms with Crippen molar-refractivity contribution in [3.63, 3.8) is 0 Å². The van der Waals surface area contributed by atoms with E-state index in [1.165, 1.54) is 16.8 Å². The van der Waals surface area contributed by atoms with Gasteiger partial charge in [0.2, 0.25) is 0 Å². The molecule has 0 aliphatic carbocycles. The van der Waals surface area contributed by atoms with Crippen molar-refractivity contribution in [2.24, 2.45) is 0 Å². The van der Waals surface area contributed by atoms with Crippen LogP contribution in [0.3, 0.4) is 0 Å². The van der Waals surface area contributed by atoms with Crippen LogP contribution < -0.4 is 9.64 Å². The third kappa shape index (κ3) is 4.96. The summed E-state index contributed by atoms with van der Waals surface area (Å²) >= 11 is 1.17. The normalized spacial score (nSPS) is 20.6. The van der Waals surface area contributed by atoms with Crippen molar-refractivity contribution in [1.29, 1.82) is 0 Å². The van der Waals surface area contributed by atoms with Gasteiger partial charge in [-0.1, -0.05) is 0 Å². The lowest BCUT2D eigenvalue weighted by atomic mass is 9.88. The molecule has 0 radical (unpaired) electrons. The van der Waals surface area contributed by atoms with E-state index in [0.717, 1.165) is 6.07 Å². The Morgan fingerprint density at radius 1 is 1.24 bits per heavy atom. The number of amides is 1. The van der Waals surface area contributed by atoms with Gasteiger partial charge in [-0.2, -0.15) is 4.98 Å². The minimum Gasteiger partial charge on any atom is -0.444 e. The van der Waals surface area contributed by atoms with E-state index in [1.807, 2.05) is 0 Å². The number of ether oxygens (including phenoxy) is 2. The summed E-state index contributed by atoms with van der Waals surface area (Å²) in [7, 11) is 0. The Balaban J connectivity index is 1.55. The highest BCUT2D eigenvalue weighted by Gasteiger charge is 2.50.